The number of likely N-dealkylation sites (tertiary alicyclic amines) is 1. The van der Waals surface area contributed by atoms with Crippen molar-refractivity contribution in [2.75, 3.05) is 13.1 Å². The summed E-state index contributed by atoms with van der Waals surface area (Å²) in [7, 11) is -3.34. The normalized spacial score (nSPS) is 15.9. The van der Waals surface area contributed by atoms with E-state index in [0.29, 0.717) is 30.8 Å². The predicted molar refractivity (Wildman–Crippen MR) is 103 cm³/mol. The number of benzene rings is 2. The van der Waals surface area contributed by atoms with Gasteiger partial charge in [0.15, 0.2) is 9.84 Å². The average Bonchev–Trinajstić information content (AvgIpc) is 2.61. The highest BCUT2D eigenvalue weighted by atomic mass is 32.2. The highest BCUT2D eigenvalue weighted by molar-refractivity contribution is 7.92. The van der Waals surface area contributed by atoms with Crippen LogP contribution in [-0.4, -0.2) is 37.6 Å². The average molecular weight is 372 g/mol. The molecular formula is C21H25NO3S. The van der Waals surface area contributed by atoms with Crippen molar-refractivity contribution in [3.05, 3.63) is 64.7 Å². The Kier molecular flexibility index (Phi) is 5.19. The van der Waals surface area contributed by atoms with E-state index in [1.807, 2.05) is 39.0 Å². The quantitative estimate of drug-likeness (QED) is 0.827. The molecule has 1 saturated heterocycles. The van der Waals surface area contributed by atoms with E-state index in [2.05, 4.69) is 0 Å². The molecule has 138 valence electrons. The summed E-state index contributed by atoms with van der Waals surface area (Å²) in [5.41, 5.74) is 3.85. The zero-order chi connectivity index (χ0) is 18.9. The van der Waals surface area contributed by atoms with E-state index in [9.17, 15) is 13.2 Å². The molecule has 5 heteroatoms. The van der Waals surface area contributed by atoms with E-state index < -0.39 is 15.1 Å². The molecule has 0 unspecified atom stereocenters. The van der Waals surface area contributed by atoms with Gasteiger partial charge >= 0.3 is 0 Å². The Hall–Kier alpha value is -2.14. The minimum Gasteiger partial charge on any atom is -0.339 e. The molecule has 1 amide bonds. The fourth-order valence-electron chi connectivity index (χ4n) is 3.85. The Labute approximate surface area is 155 Å². The fraction of sp³-hybridized carbons (Fsp3) is 0.381. The number of hydrogen-bond acceptors (Lipinski definition) is 3. The summed E-state index contributed by atoms with van der Waals surface area (Å²) in [6, 6.07) is 12.6. The minimum absolute atomic E-state index is 0.00978. The first-order valence-electron chi connectivity index (χ1n) is 8.97. The van der Waals surface area contributed by atoms with Gasteiger partial charge in [-0.1, -0.05) is 35.9 Å². The fourth-order valence-corrected chi connectivity index (χ4v) is 5.60. The number of piperidine rings is 1. The molecule has 4 nitrogen and oxygen atoms in total. The van der Waals surface area contributed by atoms with Crippen molar-refractivity contribution >= 4 is 15.7 Å². The molecular weight excluding hydrogens is 346 g/mol. The summed E-state index contributed by atoms with van der Waals surface area (Å²) in [5, 5.41) is -0.422. The number of carbonyl (C=O) groups is 1. The molecule has 1 aliphatic rings. The van der Waals surface area contributed by atoms with Gasteiger partial charge in [-0.05, 0) is 56.9 Å². The molecule has 0 N–H and O–H groups in total. The zero-order valence-electron chi connectivity index (χ0n) is 15.5. The largest absolute Gasteiger partial charge is 0.339 e. The molecule has 0 aromatic heterocycles. The summed E-state index contributed by atoms with van der Waals surface area (Å²) >= 11 is 0. The Morgan fingerprint density at radius 1 is 0.962 bits per heavy atom. The molecule has 0 aliphatic carbocycles. The van der Waals surface area contributed by atoms with Crippen LogP contribution >= 0.6 is 0 Å². The Bertz CT molecular complexity index is 889. The molecule has 26 heavy (non-hydrogen) atoms. The summed E-state index contributed by atoms with van der Waals surface area (Å²) in [4.78, 5) is 15.1. The van der Waals surface area contributed by atoms with Gasteiger partial charge in [0.05, 0.1) is 10.1 Å². The van der Waals surface area contributed by atoms with E-state index >= 15 is 0 Å². The second-order valence-corrected chi connectivity index (χ2v) is 9.35. The van der Waals surface area contributed by atoms with Crippen molar-refractivity contribution in [2.45, 2.75) is 43.8 Å². The number of sulfone groups is 1. The summed E-state index contributed by atoms with van der Waals surface area (Å²) in [6.45, 7) is 6.89. The molecule has 1 aliphatic heterocycles. The van der Waals surface area contributed by atoms with Crippen molar-refractivity contribution in [1.29, 1.82) is 0 Å². The molecule has 1 heterocycles. The van der Waals surface area contributed by atoms with E-state index in [1.54, 1.807) is 29.2 Å². The molecule has 2 aromatic carbocycles. The van der Waals surface area contributed by atoms with Gasteiger partial charge in [0, 0.05) is 18.7 Å². The maximum Gasteiger partial charge on any atom is 0.254 e. The predicted octanol–water partition coefficient (Wildman–Crippen LogP) is 3.69. The van der Waals surface area contributed by atoms with Crippen LogP contribution in [0.3, 0.4) is 0 Å². The number of nitrogens with zero attached hydrogens (tertiary/aromatic N) is 1. The number of amides is 1. The van der Waals surface area contributed by atoms with Gasteiger partial charge in [0.25, 0.3) is 5.91 Å². The van der Waals surface area contributed by atoms with Crippen LogP contribution in [0, 0.1) is 20.8 Å². The number of carbonyl (C=O) groups excluding carboxylic acids is 1. The SMILES string of the molecule is Cc1cc(C)c(C(=O)N2CCC(S(=O)(=O)c3ccccc3)CC2)c(C)c1. The van der Waals surface area contributed by atoms with Crippen LogP contribution in [0.2, 0.25) is 0 Å². The van der Waals surface area contributed by atoms with Crippen LogP contribution in [0.5, 0.6) is 0 Å². The lowest BCUT2D eigenvalue weighted by molar-refractivity contribution is 0.0724. The standard InChI is InChI=1S/C21H25NO3S/c1-15-13-16(2)20(17(3)14-15)21(23)22-11-9-19(10-12-22)26(24,25)18-7-5-4-6-8-18/h4-8,13-14,19H,9-12H2,1-3H3. The van der Waals surface area contributed by atoms with Gasteiger partial charge in [-0.15, -0.1) is 0 Å². The summed E-state index contributed by atoms with van der Waals surface area (Å²) in [6.07, 6.45) is 0.958. The summed E-state index contributed by atoms with van der Waals surface area (Å²) in [5.74, 6) is 0.00978. The minimum atomic E-state index is -3.34. The summed E-state index contributed by atoms with van der Waals surface area (Å²) < 4.78 is 25.6. The van der Waals surface area contributed by atoms with Crippen LogP contribution in [0.25, 0.3) is 0 Å². The van der Waals surface area contributed by atoms with Crippen LogP contribution < -0.4 is 0 Å². The first-order chi connectivity index (χ1) is 12.3. The van der Waals surface area contributed by atoms with E-state index in [-0.39, 0.29) is 5.91 Å². The number of aryl methyl sites for hydroxylation is 3. The van der Waals surface area contributed by atoms with Crippen LogP contribution in [0.15, 0.2) is 47.4 Å². The van der Waals surface area contributed by atoms with Gasteiger partial charge in [0.2, 0.25) is 0 Å². The van der Waals surface area contributed by atoms with Crippen LogP contribution in [0.4, 0.5) is 0 Å². The smallest absolute Gasteiger partial charge is 0.254 e. The molecule has 0 atom stereocenters. The third-order valence-electron chi connectivity index (χ3n) is 5.13. The molecule has 0 radical (unpaired) electrons. The first-order valence-corrected chi connectivity index (χ1v) is 10.5. The Balaban J connectivity index is 1.74. The maximum atomic E-state index is 13.0. The van der Waals surface area contributed by atoms with Gasteiger partial charge in [0.1, 0.15) is 0 Å². The molecule has 0 spiro atoms. The molecule has 3 rings (SSSR count). The van der Waals surface area contributed by atoms with Gasteiger partial charge < -0.3 is 4.90 Å². The van der Waals surface area contributed by atoms with E-state index in [1.165, 1.54) is 0 Å². The number of hydrogen-bond donors (Lipinski definition) is 0. The molecule has 2 aromatic rings. The van der Waals surface area contributed by atoms with Crippen LogP contribution in [-0.2, 0) is 9.84 Å². The molecule has 0 saturated carbocycles. The Morgan fingerprint density at radius 2 is 1.50 bits per heavy atom. The van der Waals surface area contributed by atoms with Crippen molar-refractivity contribution in [3.8, 4) is 0 Å². The monoisotopic (exact) mass is 371 g/mol. The van der Waals surface area contributed by atoms with Gasteiger partial charge in [-0.2, -0.15) is 0 Å². The highest BCUT2D eigenvalue weighted by Crippen LogP contribution is 2.26. The van der Waals surface area contributed by atoms with E-state index in [0.717, 1.165) is 22.3 Å². The van der Waals surface area contributed by atoms with Gasteiger partial charge in [-0.25, -0.2) is 8.42 Å². The maximum absolute atomic E-state index is 13.0. The topological polar surface area (TPSA) is 54.5 Å². The second kappa shape index (κ2) is 7.23. The number of rotatable bonds is 3. The Morgan fingerprint density at radius 3 is 2.04 bits per heavy atom. The third kappa shape index (κ3) is 3.54. The second-order valence-electron chi connectivity index (χ2n) is 7.12. The van der Waals surface area contributed by atoms with Crippen molar-refractivity contribution in [1.82, 2.24) is 4.90 Å². The zero-order valence-corrected chi connectivity index (χ0v) is 16.3. The lowest BCUT2D eigenvalue weighted by Crippen LogP contribution is -2.42. The van der Waals surface area contributed by atoms with Crippen molar-refractivity contribution in [2.24, 2.45) is 0 Å². The van der Waals surface area contributed by atoms with Gasteiger partial charge in [-0.3, -0.25) is 4.79 Å². The first kappa shape index (κ1) is 18.6. The van der Waals surface area contributed by atoms with Crippen molar-refractivity contribution in [3.63, 3.8) is 0 Å². The highest BCUT2D eigenvalue weighted by Gasteiger charge is 2.33. The van der Waals surface area contributed by atoms with Crippen LogP contribution in [0.1, 0.15) is 39.9 Å². The molecule has 1 fully saturated rings. The van der Waals surface area contributed by atoms with Crippen molar-refractivity contribution < 1.29 is 13.2 Å². The van der Waals surface area contributed by atoms with E-state index in [4.69, 9.17) is 0 Å². The molecule has 0 bridgehead atoms. The lowest BCUT2D eigenvalue weighted by atomic mass is 9.98. The lowest BCUT2D eigenvalue weighted by Gasteiger charge is -2.32. The third-order valence-corrected chi connectivity index (χ3v) is 7.41.